The number of carbonyl (C=O) groups excluding carboxylic acids is 1. The number of nitrogens with two attached hydrogens (primary N) is 1. The van der Waals surface area contributed by atoms with Crippen molar-refractivity contribution in [2.45, 2.75) is 0 Å². The summed E-state index contributed by atoms with van der Waals surface area (Å²) in [6.45, 7) is 1.12. The average Bonchev–Trinajstić information content (AvgIpc) is 2.80. The van der Waals surface area contributed by atoms with Gasteiger partial charge in [-0.15, -0.1) is 0 Å². The molecule has 9 heteroatoms. The van der Waals surface area contributed by atoms with Crippen LogP contribution in [-0.2, 0) is 10.2 Å². The molecular weight excluding hydrogens is 246 g/mol. The van der Waals surface area contributed by atoms with Gasteiger partial charge in [0.15, 0.2) is 0 Å². The van der Waals surface area contributed by atoms with Crippen LogP contribution in [-0.4, -0.2) is 59.9 Å². The van der Waals surface area contributed by atoms with E-state index < -0.39 is 10.2 Å². The number of piperazine rings is 1. The lowest BCUT2D eigenvalue weighted by molar-refractivity contribution is 0.0698. The second-order valence-electron chi connectivity index (χ2n) is 3.72. The zero-order chi connectivity index (χ0) is 12.5. The van der Waals surface area contributed by atoms with Crippen molar-refractivity contribution in [1.29, 1.82) is 0 Å². The van der Waals surface area contributed by atoms with Gasteiger partial charge in [-0.2, -0.15) is 17.8 Å². The van der Waals surface area contributed by atoms with E-state index in [4.69, 9.17) is 5.14 Å². The van der Waals surface area contributed by atoms with E-state index in [0.29, 0.717) is 18.7 Å². The Morgan fingerprint density at radius 2 is 2.00 bits per heavy atom. The van der Waals surface area contributed by atoms with Gasteiger partial charge in [-0.3, -0.25) is 9.89 Å². The Labute approximate surface area is 98.6 Å². The molecule has 0 spiro atoms. The second kappa shape index (κ2) is 4.43. The predicted molar refractivity (Wildman–Crippen MR) is 59.2 cm³/mol. The molecule has 0 aromatic carbocycles. The van der Waals surface area contributed by atoms with Crippen LogP contribution in [0.25, 0.3) is 0 Å². The maximum absolute atomic E-state index is 11.9. The summed E-state index contributed by atoms with van der Waals surface area (Å²) < 4.78 is 23.3. The van der Waals surface area contributed by atoms with Gasteiger partial charge in [0.2, 0.25) is 0 Å². The summed E-state index contributed by atoms with van der Waals surface area (Å²) in [5, 5.41) is 11.3. The third kappa shape index (κ3) is 2.62. The van der Waals surface area contributed by atoms with Crippen LogP contribution in [0.2, 0.25) is 0 Å². The fourth-order valence-electron chi connectivity index (χ4n) is 1.70. The molecule has 3 N–H and O–H groups in total. The van der Waals surface area contributed by atoms with Crippen LogP contribution in [0.4, 0.5) is 0 Å². The van der Waals surface area contributed by atoms with E-state index in [1.807, 2.05) is 0 Å². The third-order valence-electron chi connectivity index (χ3n) is 2.63. The molecule has 0 aliphatic carbocycles. The summed E-state index contributed by atoms with van der Waals surface area (Å²) in [6.07, 6.45) is 2.95. The minimum Gasteiger partial charge on any atom is -0.336 e. The molecule has 8 nitrogen and oxygen atoms in total. The summed E-state index contributed by atoms with van der Waals surface area (Å²) in [5.41, 5.74) is 0.467. The number of amides is 1. The Hall–Kier alpha value is -1.45. The maximum atomic E-state index is 11.9. The number of aromatic amines is 1. The molecule has 17 heavy (non-hydrogen) atoms. The van der Waals surface area contributed by atoms with Crippen LogP contribution in [0.1, 0.15) is 10.4 Å². The molecule has 1 aromatic rings. The molecule has 1 aromatic heterocycles. The highest BCUT2D eigenvalue weighted by molar-refractivity contribution is 7.86. The summed E-state index contributed by atoms with van der Waals surface area (Å²) in [7, 11) is -3.65. The topological polar surface area (TPSA) is 112 Å². The fraction of sp³-hybridized carbons (Fsp3) is 0.500. The van der Waals surface area contributed by atoms with Gasteiger partial charge in [0.05, 0.1) is 11.8 Å². The number of nitrogens with zero attached hydrogens (tertiary/aromatic N) is 3. The normalized spacial score (nSPS) is 18.3. The molecule has 1 amide bonds. The Morgan fingerprint density at radius 3 is 2.47 bits per heavy atom. The molecule has 0 radical (unpaired) electrons. The highest BCUT2D eigenvalue weighted by atomic mass is 32.2. The molecule has 1 fully saturated rings. The van der Waals surface area contributed by atoms with Crippen LogP contribution < -0.4 is 5.14 Å². The minimum atomic E-state index is -3.65. The van der Waals surface area contributed by atoms with Gasteiger partial charge in [-0.05, 0) is 0 Å². The van der Waals surface area contributed by atoms with E-state index in [2.05, 4.69) is 10.2 Å². The first-order valence-corrected chi connectivity index (χ1v) is 6.55. The van der Waals surface area contributed by atoms with Crippen molar-refractivity contribution < 1.29 is 13.2 Å². The first-order chi connectivity index (χ1) is 7.98. The zero-order valence-electron chi connectivity index (χ0n) is 9.04. The third-order valence-corrected chi connectivity index (χ3v) is 3.72. The lowest BCUT2D eigenvalue weighted by Gasteiger charge is -2.32. The van der Waals surface area contributed by atoms with E-state index in [1.54, 1.807) is 4.90 Å². The largest absolute Gasteiger partial charge is 0.336 e. The predicted octanol–water partition coefficient (Wildman–Crippen LogP) is -1.63. The fourth-order valence-corrected chi connectivity index (χ4v) is 2.37. The van der Waals surface area contributed by atoms with Crippen LogP contribution in [0.3, 0.4) is 0 Å². The van der Waals surface area contributed by atoms with E-state index in [9.17, 15) is 13.2 Å². The Morgan fingerprint density at radius 1 is 1.35 bits per heavy atom. The standard InChI is InChI=1S/C8H13N5O3S/c9-17(15,16)13-3-1-12(2-4-13)8(14)7-5-10-11-6-7/h5-6H,1-4H2,(H,10,11)(H2,9,15,16). The maximum Gasteiger partial charge on any atom is 0.277 e. The molecule has 0 saturated carbocycles. The van der Waals surface area contributed by atoms with E-state index in [1.165, 1.54) is 12.4 Å². The van der Waals surface area contributed by atoms with Crippen molar-refractivity contribution in [1.82, 2.24) is 19.4 Å². The van der Waals surface area contributed by atoms with E-state index in [0.717, 1.165) is 4.31 Å². The number of nitrogens with one attached hydrogen (secondary N) is 1. The van der Waals surface area contributed by atoms with E-state index >= 15 is 0 Å². The van der Waals surface area contributed by atoms with Gasteiger partial charge < -0.3 is 4.90 Å². The van der Waals surface area contributed by atoms with Crippen molar-refractivity contribution >= 4 is 16.1 Å². The van der Waals surface area contributed by atoms with Gasteiger partial charge in [-0.25, -0.2) is 5.14 Å². The van der Waals surface area contributed by atoms with Crippen molar-refractivity contribution in [2.24, 2.45) is 5.14 Å². The summed E-state index contributed by atoms with van der Waals surface area (Å²) in [4.78, 5) is 13.5. The van der Waals surface area contributed by atoms with Crippen LogP contribution in [0.15, 0.2) is 12.4 Å². The summed E-state index contributed by atoms with van der Waals surface area (Å²) in [6, 6.07) is 0. The lowest BCUT2D eigenvalue weighted by atomic mass is 10.2. The highest BCUT2D eigenvalue weighted by Gasteiger charge is 2.27. The average molecular weight is 259 g/mol. The number of rotatable bonds is 2. The van der Waals surface area contributed by atoms with E-state index in [-0.39, 0.29) is 19.0 Å². The molecule has 0 unspecified atom stereocenters. The first kappa shape index (κ1) is 12.0. The van der Waals surface area contributed by atoms with Gasteiger partial charge in [-0.1, -0.05) is 0 Å². The highest BCUT2D eigenvalue weighted by Crippen LogP contribution is 2.08. The number of H-pyrrole nitrogens is 1. The van der Waals surface area contributed by atoms with Gasteiger partial charge in [0.25, 0.3) is 16.1 Å². The van der Waals surface area contributed by atoms with Crippen LogP contribution in [0, 0.1) is 0 Å². The van der Waals surface area contributed by atoms with Crippen molar-refractivity contribution in [3.05, 3.63) is 18.0 Å². The molecule has 1 saturated heterocycles. The first-order valence-electron chi connectivity index (χ1n) is 5.04. The van der Waals surface area contributed by atoms with Gasteiger partial charge in [0, 0.05) is 32.4 Å². The lowest BCUT2D eigenvalue weighted by Crippen LogP contribution is -2.52. The Bertz CT molecular complexity index is 489. The van der Waals surface area contributed by atoms with Crippen molar-refractivity contribution in [2.75, 3.05) is 26.2 Å². The quantitative estimate of drug-likeness (QED) is 0.664. The Balaban J connectivity index is 1.98. The molecule has 2 heterocycles. The SMILES string of the molecule is NS(=O)(=O)N1CCN(C(=O)c2cn[nH]c2)CC1. The van der Waals surface area contributed by atoms with Gasteiger partial charge >= 0.3 is 0 Å². The van der Waals surface area contributed by atoms with Crippen molar-refractivity contribution in [3.8, 4) is 0 Å². The molecule has 0 atom stereocenters. The van der Waals surface area contributed by atoms with Crippen molar-refractivity contribution in [3.63, 3.8) is 0 Å². The summed E-state index contributed by atoms with van der Waals surface area (Å²) in [5.74, 6) is -0.159. The molecule has 0 bridgehead atoms. The number of hydrogen-bond acceptors (Lipinski definition) is 4. The number of hydrogen-bond donors (Lipinski definition) is 2. The smallest absolute Gasteiger partial charge is 0.277 e. The molecule has 2 rings (SSSR count). The number of aromatic nitrogens is 2. The molecular formula is C8H13N5O3S. The monoisotopic (exact) mass is 259 g/mol. The van der Waals surface area contributed by atoms with Gasteiger partial charge in [0.1, 0.15) is 0 Å². The number of carbonyl (C=O) groups is 1. The zero-order valence-corrected chi connectivity index (χ0v) is 9.85. The molecule has 1 aliphatic rings. The second-order valence-corrected chi connectivity index (χ2v) is 5.27. The Kier molecular flexibility index (Phi) is 3.13. The van der Waals surface area contributed by atoms with Crippen LogP contribution >= 0.6 is 0 Å². The summed E-state index contributed by atoms with van der Waals surface area (Å²) >= 11 is 0. The molecule has 94 valence electrons. The minimum absolute atomic E-state index is 0.159. The van der Waals surface area contributed by atoms with Crippen LogP contribution in [0.5, 0.6) is 0 Å². The molecule has 1 aliphatic heterocycles.